The Morgan fingerprint density at radius 1 is 1.07 bits per heavy atom. The van der Waals surface area contributed by atoms with Crippen molar-refractivity contribution in [3.8, 4) is 11.5 Å². The summed E-state index contributed by atoms with van der Waals surface area (Å²) < 4.78 is 39.6. The van der Waals surface area contributed by atoms with Crippen molar-refractivity contribution >= 4 is 17.6 Å². The molecule has 28 heavy (non-hydrogen) atoms. The highest BCUT2D eigenvalue weighted by atomic mass is 19.3. The molecule has 1 N–H and O–H groups in total. The molecule has 0 bridgehead atoms. The zero-order chi connectivity index (χ0) is 20.5. The molecule has 0 aliphatic carbocycles. The molecule has 8 heteroatoms. The minimum absolute atomic E-state index is 0.0490. The number of ether oxygens (including phenoxy) is 3. The number of amides is 1. The van der Waals surface area contributed by atoms with Crippen LogP contribution in [0.1, 0.15) is 24.2 Å². The molecule has 0 aromatic heterocycles. The summed E-state index contributed by atoms with van der Waals surface area (Å²) in [5, 5.41) is 2.37. The van der Waals surface area contributed by atoms with Crippen molar-refractivity contribution < 1.29 is 32.6 Å². The number of rotatable bonds is 9. The lowest BCUT2D eigenvalue weighted by Gasteiger charge is -2.12. The number of carbonyl (C=O) groups is 2. The lowest BCUT2D eigenvalue weighted by atomic mass is 10.2. The molecule has 0 aliphatic heterocycles. The van der Waals surface area contributed by atoms with Crippen LogP contribution in [-0.2, 0) is 9.53 Å². The first-order chi connectivity index (χ1) is 13.3. The molecular formula is C20H21F2NO5. The van der Waals surface area contributed by atoms with Crippen LogP contribution in [0.3, 0.4) is 0 Å². The molecule has 0 unspecified atom stereocenters. The minimum atomic E-state index is -3.03. The standard InChI is InChI=1S/C20H21F2NO5/c1-13(2)11-26-15-7-5-6-14(10-15)19(25)27-12-18(24)23-16-8-3-4-9-17(16)28-20(21)22/h3-10,13,20H,11-12H2,1-2H3,(H,23,24). The summed E-state index contributed by atoms with van der Waals surface area (Å²) in [5.74, 6) is -0.734. The first-order valence-electron chi connectivity index (χ1n) is 8.59. The number of alkyl halides is 2. The number of para-hydroxylation sites is 2. The Morgan fingerprint density at radius 2 is 1.82 bits per heavy atom. The van der Waals surface area contributed by atoms with Crippen LogP contribution in [0.5, 0.6) is 11.5 Å². The largest absolute Gasteiger partial charge is 0.493 e. The van der Waals surface area contributed by atoms with E-state index < -0.39 is 25.1 Å². The molecule has 0 saturated carbocycles. The first kappa shape index (κ1) is 21.1. The van der Waals surface area contributed by atoms with E-state index in [4.69, 9.17) is 9.47 Å². The molecule has 2 rings (SSSR count). The lowest BCUT2D eigenvalue weighted by molar-refractivity contribution is -0.119. The third-order valence-corrected chi connectivity index (χ3v) is 3.36. The van der Waals surface area contributed by atoms with E-state index in [1.165, 1.54) is 30.3 Å². The monoisotopic (exact) mass is 393 g/mol. The van der Waals surface area contributed by atoms with E-state index in [-0.39, 0.29) is 17.0 Å². The highest BCUT2D eigenvalue weighted by Crippen LogP contribution is 2.25. The lowest BCUT2D eigenvalue weighted by Crippen LogP contribution is -2.21. The average Bonchev–Trinajstić information content (AvgIpc) is 2.66. The molecule has 1 amide bonds. The van der Waals surface area contributed by atoms with Gasteiger partial charge in [-0.05, 0) is 36.2 Å². The average molecular weight is 393 g/mol. The Hall–Kier alpha value is -3.16. The van der Waals surface area contributed by atoms with Gasteiger partial charge < -0.3 is 19.5 Å². The molecule has 0 atom stereocenters. The summed E-state index contributed by atoms with van der Waals surface area (Å²) in [7, 11) is 0. The Balaban J connectivity index is 1.91. The quantitative estimate of drug-likeness (QED) is 0.649. The normalized spacial score (nSPS) is 10.6. The second-order valence-electron chi connectivity index (χ2n) is 6.23. The van der Waals surface area contributed by atoms with Crippen LogP contribution in [0.25, 0.3) is 0 Å². The predicted molar refractivity (Wildman–Crippen MR) is 98.8 cm³/mol. The van der Waals surface area contributed by atoms with Gasteiger partial charge in [0.15, 0.2) is 6.61 Å². The van der Waals surface area contributed by atoms with Gasteiger partial charge >= 0.3 is 12.6 Å². The van der Waals surface area contributed by atoms with E-state index in [1.54, 1.807) is 18.2 Å². The van der Waals surface area contributed by atoms with Gasteiger partial charge in [0.2, 0.25) is 0 Å². The van der Waals surface area contributed by atoms with Gasteiger partial charge in [-0.1, -0.05) is 32.0 Å². The van der Waals surface area contributed by atoms with E-state index >= 15 is 0 Å². The highest BCUT2D eigenvalue weighted by Gasteiger charge is 2.14. The van der Waals surface area contributed by atoms with E-state index in [0.29, 0.717) is 18.3 Å². The van der Waals surface area contributed by atoms with E-state index in [1.807, 2.05) is 13.8 Å². The fourth-order valence-electron chi connectivity index (χ4n) is 2.15. The van der Waals surface area contributed by atoms with Gasteiger partial charge in [-0.25, -0.2) is 4.79 Å². The summed E-state index contributed by atoms with van der Waals surface area (Å²) in [4.78, 5) is 24.1. The van der Waals surface area contributed by atoms with Gasteiger partial charge in [0.25, 0.3) is 5.91 Å². The maximum atomic E-state index is 12.4. The number of esters is 1. The van der Waals surface area contributed by atoms with Crippen LogP contribution in [0, 0.1) is 5.92 Å². The fourth-order valence-corrected chi connectivity index (χ4v) is 2.15. The van der Waals surface area contributed by atoms with Crippen molar-refractivity contribution in [2.45, 2.75) is 20.5 Å². The Labute approximate surface area is 161 Å². The molecule has 6 nitrogen and oxygen atoms in total. The second-order valence-corrected chi connectivity index (χ2v) is 6.23. The van der Waals surface area contributed by atoms with E-state index in [9.17, 15) is 18.4 Å². The van der Waals surface area contributed by atoms with Crippen molar-refractivity contribution in [3.63, 3.8) is 0 Å². The molecule has 0 fully saturated rings. The molecule has 0 heterocycles. The summed E-state index contributed by atoms with van der Waals surface area (Å²) >= 11 is 0. The van der Waals surface area contributed by atoms with Crippen LogP contribution in [0.4, 0.5) is 14.5 Å². The van der Waals surface area contributed by atoms with Gasteiger partial charge in [0, 0.05) is 0 Å². The van der Waals surface area contributed by atoms with Crippen LogP contribution in [0.2, 0.25) is 0 Å². The highest BCUT2D eigenvalue weighted by molar-refractivity contribution is 5.96. The topological polar surface area (TPSA) is 73.9 Å². The van der Waals surface area contributed by atoms with Gasteiger partial charge in [0.1, 0.15) is 11.5 Å². The van der Waals surface area contributed by atoms with Crippen molar-refractivity contribution in [1.29, 1.82) is 0 Å². The predicted octanol–water partition coefficient (Wildman–Crippen LogP) is 4.12. The number of halogens is 2. The summed E-state index contributed by atoms with van der Waals surface area (Å²) in [6.45, 7) is 0.892. The number of hydrogen-bond donors (Lipinski definition) is 1. The number of nitrogens with one attached hydrogen (secondary N) is 1. The van der Waals surface area contributed by atoms with Gasteiger partial charge in [-0.2, -0.15) is 8.78 Å². The molecule has 0 radical (unpaired) electrons. The van der Waals surface area contributed by atoms with Gasteiger partial charge in [-0.15, -0.1) is 0 Å². The van der Waals surface area contributed by atoms with Crippen LogP contribution >= 0.6 is 0 Å². The van der Waals surface area contributed by atoms with E-state index in [0.717, 1.165) is 0 Å². The van der Waals surface area contributed by atoms with Gasteiger partial charge in [0.05, 0.1) is 17.9 Å². The zero-order valence-corrected chi connectivity index (χ0v) is 15.5. The Kier molecular flexibility index (Phi) is 7.74. The second kappa shape index (κ2) is 10.2. The molecule has 0 aliphatic rings. The minimum Gasteiger partial charge on any atom is -0.493 e. The van der Waals surface area contributed by atoms with E-state index in [2.05, 4.69) is 10.1 Å². The number of hydrogen-bond acceptors (Lipinski definition) is 5. The number of benzene rings is 2. The molecule has 2 aromatic rings. The summed E-state index contributed by atoms with van der Waals surface area (Å²) in [6, 6.07) is 12.1. The number of carbonyl (C=O) groups excluding carboxylic acids is 2. The maximum absolute atomic E-state index is 12.4. The molecule has 150 valence electrons. The first-order valence-corrected chi connectivity index (χ1v) is 8.59. The SMILES string of the molecule is CC(C)COc1cccc(C(=O)OCC(=O)Nc2ccccc2OC(F)F)c1. The Bertz CT molecular complexity index is 811. The van der Waals surface area contributed by atoms with Crippen molar-refractivity contribution in [1.82, 2.24) is 0 Å². The van der Waals surface area contributed by atoms with Gasteiger partial charge in [-0.3, -0.25) is 4.79 Å². The maximum Gasteiger partial charge on any atom is 0.387 e. The van der Waals surface area contributed by atoms with Crippen molar-refractivity contribution in [3.05, 3.63) is 54.1 Å². The third kappa shape index (κ3) is 6.86. The van der Waals surface area contributed by atoms with Crippen molar-refractivity contribution in [2.24, 2.45) is 5.92 Å². The molecule has 0 spiro atoms. The molecule has 2 aromatic carbocycles. The zero-order valence-electron chi connectivity index (χ0n) is 15.5. The number of anilines is 1. The third-order valence-electron chi connectivity index (χ3n) is 3.36. The smallest absolute Gasteiger partial charge is 0.387 e. The Morgan fingerprint density at radius 3 is 2.54 bits per heavy atom. The van der Waals surface area contributed by atoms with Crippen LogP contribution in [0.15, 0.2) is 48.5 Å². The molecular weight excluding hydrogens is 372 g/mol. The fraction of sp³-hybridized carbons (Fsp3) is 0.300. The summed E-state index contributed by atoms with van der Waals surface area (Å²) in [5.41, 5.74) is 0.281. The molecule has 0 saturated heterocycles. The van der Waals surface area contributed by atoms with Crippen molar-refractivity contribution in [2.75, 3.05) is 18.5 Å². The van der Waals surface area contributed by atoms with Crippen LogP contribution < -0.4 is 14.8 Å². The summed E-state index contributed by atoms with van der Waals surface area (Å²) in [6.07, 6.45) is 0. The van der Waals surface area contributed by atoms with Crippen LogP contribution in [-0.4, -0.2) is 31.7 Å².